The van der Waals surface area contributed by atoms with Crippen LogP contribution in [0.15, 0.2) is 53.3 Å². The van der Waals surface area contributed by atoms with Crippen LogP contribution >= 0.6 is 0 Å². The molecule has 4 aromatic rings. The van der Waals surface area contributed by atoms with Gasteiger partial charge >= 0.3 is 0 Å². The molecule has 0 saturated carbocycles. The molecule has 0 bridgehead atoms. The van der Waals surface area contributed by atoms with Gasteiger partial charge in [-0.1, -0.05) is 23.4 Å². The van der Waals surface area contributed by atoms with E-state index in [1.54, 1.807) is 41.5 Å². The van der Waals surface area contributed by atoms with Crippen molar-refractivity contribution in [3.05, 3.63) is 70.1 Å². The van der Waals surface area contributed by atoms with Crippen molar-refractivity contribution < 1.29 is 9.59 Å². The predicted octanol–water partition coefficient (Wildman–Crippen LogP) is 1.96. The van der Waals surface area contributed by atoms with E-state index in [0.29, 0.717) is 29.0 Å². The molecule has 10 heteroatoms. The van der Waals surface area contributed by atoms with Gasteiger partial charge in [0.25, 0.3) is 11.5 Å². The smallest absolute Gasteiger partial charge is 0.295 e. The Labute approximate surface area is 190 Å². The van der Waals surface area contributed by atoms with Gasteiger partial charge in [-0.2, -0.15) is 0 Å². The molecule has 0 saturated heterocycles. The number of aryl methyl sites for hydroxylation is 1. The van der Waals surface area contributed by atoms with Crippen molar-refractivity contribution in [2.45, 2.75) is 20.4 Å². The van der Waals surface area contributed by atoms with Gasteiger partial charge in [-0.15, -0.1) is 5.10 Å². The molecule has 10 nitrogen and oxygen atoms in total. The Balaban J connectivity index is 1.50. The number of amides is 2. The zero-order valence-corrected chi connectivity index (χ0v) is 18.9. The topological polar surface area (TPSA) is 107 Å². The molecular formula is C23H25N7O3. The van der Waals surface area contributed by atoms with E-state index < -0.39 is 5.91 Å². The fourth-order valence-electron chi connectivity index (χ4n) is 3.74. The summed E-state index contributed by atoms with van der Waals surface area (Å²) in [5.74, 6) is -0.792. The number of carbonyl (C=O) groups is 2. The van der Waals surface area contributed by atoms with Gasteiger partial charge in [0.15, 0.2) is 0 Å². The number of hydrogen-bond donors (Lipinski definition) is 1. The Kier molecular flexibility index (Phi) is 5.82. The SMILES string of the molecule is CCn1nnc2cc(C(=O)N(C)CC(=O)Nc3c(C)n(C)n(-c4ccccc4)c3=O)ccc21. The van der Waals surface area contributed by atoms with Crippen molar-refractivity contribution in [1.29, 1.82) is 0 Å². The molecule has 0 aliphatic rings. The fraction of sp³-hybridized carbons (Fsp3) is 0.261. The Bertz CT molecular complexity index is 1400. The maximum atomic E-state index is 13.0. The first kappa shape index (κ1) is 22.0. The fourth-order valence-corrected chi connectivity index (χ4v) is 3.74. The van der Waals surface area contributed by atoms with Crippen LogP contribution in [0, 0.1) is 6.92 Å². The second-order valence-electron chi connectivity index (χ2n) is 7.75. The van der Waals surface area contributed by atoms with Crippen LogP contribution in [0.2, 0.25) is 0 Å². The van der Waals surface area contributed by atoms with Crippen molar-refractivity contribution in [1.82, 2.24) is 29.3 Å². The zero-order valence-electron chi connectivity index (χ0n) is 18.9. The van der Waals surface area contributed by atoms with Crippen LogP contribution < -0.4 is 10.9 Å². The molecule has 2 amide bonds. The van der Waals surface area contributed by atoms with Crippen molar-refractivity contribution in [3.63, 3.8) is 0 Å². The first-order chi connectivity index (χ1) is 15.8. The summed E-state index contributed by atoms with van der Waals surface area (Å²) in [4.78, 5) is 39.8. The van der Waals surface area contributed by atoms with Crippen LogP contribution in [-0.2, 0) is 18.4 Å². The number of anilines is 1. The van der Waals surface area contributed by atoms with Crippen LogP contribution in [0.4, 0.5) is 5.69 Å². The van der Waals surface area contributed by atoms with E-state index in [1.165, 1.54) is 16.6 Å². The Hall–Kier alpha value is -4.21. The number of carbonyl (C=O) groups excluding carboxylic acids is 2. The maximum Gasteiger partial charge on any atom is 0.295 e. The molecule has 0 aliphatic carbocycles. The molecule has 0 aliphatic heterocycles. The minimum absolute atomic E-state index is 0.185. The quantitative estimate of drug-likeness (QED) is 0.486. The molecule has 2 aromatic carbocycles. The highest BCUT2D eigenvalue weighted by Crippen LogP contribution is 2.16. The van der Waals surface area contributed by atoms with Gasteiger partial charge in [-0.25, -0.2) is 9.36 Å². The van der Waals surface area contributed by atoms with Gasteiger partial charge in [0, 0.05) is 26.2 Å². The number of nitrogens with zero attached hydrogens (tertiary/aromatic N) is 6. The maximum absolute atomic E-state index is 13.0. The average Bonchev–Trinajstić information content (AvgIpc) is 3.32. The van der Waals surface area contributed by atoms with Gasteiger partial charge < -0.3 is 10.2 Å². The summed E-state index contributed by atoms with van der Waals surface area (Å²) in [5, 5.41) is 10.8. The number of likely N-dealkylation sites (N-methyl/N-ethyl adjacent to an activating group) is 1. The summed E-state index contributed by atoms with van der Waals surface area (Å²) >= 11 is 0. The number of para-hydroxylation sites is 1. The molecule has 0 unspecified atom stereocenters. The van der Waals surface area contributed by atoms with Gasteiger partial charge in [-0.05, 0) is 44.2 Å². The van der Waals surface area contributed by atoms with Gasteiger partial charge in [-0.3, -0.25) is 19.1 Å². The number of fused-ring (bicyclic) bond motifs is 1. The van der Waals surface area contributed by atoms with E-state index >= 15 is 0 Å². The Morgan fingerprint density at radius 3 is 2.55 bits per heavy atom. The largest absolute Gasteiger partial charge is 0.332 e. The summed E-state index contributed by atoms with van der Waals surface area (Å²) in [5.41, 5.74) is 3.00. The lowest BCUT2D eigenvalue weighted by molar-refractivity contribution is -0.116. The average molecular weight is 447 g/mol. The van der Waals surface area contributed by atoms with Crippen LogP contribution in [0.3, 0.4) is 0 Å². The highest BCUT2D eigenvalue weighted by Gasteiger charge is 2.21. The third kappa shape index (κ3) is 4.02. The Morgan fingerprint density at radius 1 is 1.12 bits per heavy atom. The molecule has 4 rings (SSSR count). The van der Waals surface area contributed by atoms with Crippen LogP contribution in [0.25, 0.3) is 16.7 Å². The number of hydrogen-bond acceptors (Lipinski definition) is 5. The lowest BCUT2D eigenvalue weighted by Gasteiger charge is -2.16. The second kappa shape index (κ2) is 8.73. The molecule has 0 radical (unpaired) electrons. The van der Waals surface area contributed by atoms with Crippen LogP contribution in [-0.4, -0.2) is 54.7 Å². The Morgan fingerprint density at radius 2 is 1.85 bits per heavy atom. The monoisotopic (exact) mass is 447 g/mol. The summed E-state index contributed by atoms with van der Waals surface area (Å²) in [7, 11) is 3.29. The first-order valence-corrected chi connectivity index (χ1v) is 10.5. The third-order valence-electron chi connectivity index (χ3n) is 5.61. The molecule has 170 valence electrons. The minimum atomic E-state index is -0.463. The summed E-state index contributed by atoms with van der Waals surface area (Å²) in [6.07, 6.45) is 0. The highest BCUT2D eigenvalue weighted by atomic mass is 16.2. The van der Waals surface area contributed by atoms with Crippen LogP contribution in [0.5, 0.6) is 0 Å². The molecule has 33 heavy (non-hydrogen) atoms. The van der Waals surface area contributed by atoms with E-state index in [0.717, 1.165) is 5.52 Å². The molecule has 0 fully saturated rings. The van der Waals surface area contributed by atoms with Gasteiger partial charge in [0.2, 0.25) is 5.91 Å². The highest BCUT2D eigenvalue weighted by molar-refractivity contribution is 6.00. The van der Waals surface area contributed by atoms with Crippen molar-refractivity contribution in [3.8, 4) is 5.69 Å². The number of nitrogens with one attached hydrogen (secondary N) is 1. The van der Waals surface area contributed by atoms with Gasteiger partial charge in [0.1, 0.15) is 11.2 Å². The van der Waals surface area contributed by atoms with Crippen molar-refractivity contribution >= 4 is 28.5 Å². The third-order valence-corrected chi connectivity index (χ3v) is 5.61. The van der Waals surface area contributed by atoms with E-state index in [4.69, 9.17) is 0 Å². The van der Waals surface area contributed by atoms with E-state index in [2.05, 4.69) is 15.6 Å². The molecular weight excluding hydrogens is 422 g/mol. The molecule has 0 atom stereocenters. The first-order valence-electron chi connectivity index (χ1n) is 10.5. The lowest BCUT2D eigenvalue weighted by Crippen LogP contribution is -2.35. The molecule has 1 N–H and O–H groups in total. The van der Waals surface area contributed by atoms with Crippen LogP contribution in [0.1, 0.15) is 23.0 Å². The van der Waals surface area contributed by atoms with Crippen molar-refractivity contribution in [2.75, 3.05) is 18.9 Å². The van der Waals surface area contributed by atoms with E-state index in [-0.39, 0.29) is 23.7 Å². The number of benzene rings is 2. The lowest BCUT2D eigenvalue weighted by atomic mass is 10.1. The minimum Gasteiger partial charge on any atom is -0.332 e. The summed E-state index contributed by atoms with van der Waals surface area (Å²) < 4.78 is 4.91. The molecule has 2 aromatic heterocycles. The van der Waals surface area contributed by atoms with Gasteiger partial charge in [0.05, 0.1) is 23.4 Å². The number of rotatable bonds is 6. The normalized spacial score (nSPS) is 11.0. The second-order valence-corrected chi connectivity index (χ2v) is 7.75. The molecule has 2 heterocycles. The van der Waals surface area contributed by atoms with Crippen molar-refractivity contribution in [2.24, 2.45) is 7.05 Å². The summed E-state index contributed by atoms with van der Waals surface area (Å²) in [6, 6.07) is 14.3. The zero-order chi connectivity index (χ0) is 23.7. The predicted molar refractivity (Wildman–Crippen MR) is 125 cm³/mol. The standard InChI is InChI=1S/C23H25N7O3/c1-5-29-19-12-11-16(13-18(19)25-26-29)22(32)27(3)14-20(31)24-21-15(2)28(4)30(23(21)33)17-9-7-6-8-10-17/h6-13H,5,14H2,1-4H3,(H,24,31). The van der Waals surface area contributed by atoms with E-state index in [9.17, 15) is 14.4 Å². The van der Waals surface area contributed by atoms with E-state index in [1.807, 2.05) is 37.3 Å². The molecule has 0 spiro atoms. The number of aromatic nitrogens is 5. The summed E-state index contributed by atoms with van der Waals surface area (Å²) in [6.45, 7) is 4.18.